The van der Waals surface area contributed by atoms with Gasteiger partial charge in [0.15, 0.2) is 5.11 Å². The second kappa shape index (κ2) is 7.90. The summed E-state index contributed by atoms with van der Waals surface area (Å²) in [4.78, 5) is 0. The molecule has 23 heavy (non-hydrogen) atoms. The van der Waals surface area contributed by atoms with Crippen LogP contribution in [0.4, 0.5) is 5.69 Å². The largest absolute Gasteiger partial charge is 0.331 e. The lowest BCUT2D eigenvalue weighted by atomic mass is 10.1. The van der Waals surface area contributed by atoms with E-state index >= 15 is 0 Å². The van der Waals surface area contributed by atoms with Crippen LogP contribution in [-0.2, 0) is 0 Å². The number of anilines is 1. The molecule has 0 saturated carbocycles. The first-order valence-corrected chi connectivity index (χ1v) is 8.58. The van der Waals surface area contributed by atoms with Crippen molar-refractivity contribution >= 4 is 56.3 Å². The molecule has 3 nitrogen and oxygen atoms in total. The molecule has 0 spiro atoms. The molecule has 2 rings (SSSR count). The number of aryl methyl sites for hydroxylation is 2. The highest BCUT2D eigenvalue weighted by Gasteiger charge is 2.04. The van der Waals surface area contributed by atoms with Gasteiger partial charge < -0.3 is 5.32 Å². The van der Waals surface area contributed by atoms with Gasteiger partial charge in [-0.15, -0.1) is 0 Å². The number of nitrogens with zero attached hydrogens (tertiary/aromatic N) is 1. The van der Waals surface area contributed by atoms with Crippen molar-refractivity contribution in [3.8, 4) is 0 Å². The predicted molar refractivity (Wildman–Crippen MR) is 107 cm³/mol. The van der Waals surface area contributed by atoms with Gasteiger partial charge >= 0.3 is 0 Å². The number of halogens is 2. The van der Waals surface area contributed by atoms with E-state index in [-0.39, 0.29) is 0 Å². The Labute approximate surface area is 155 Å². The highest BCUT2D eigenvalue weighted by molar-refractivity contribution is 9.10. The number of benzene rings is 2. The van der Waals surface area contributed by atoms with Gasteiger partial charge in [-0.3, -0.25) is 5.43 Å². The van der Waals surface area contributed by atoms with E-state index in [1.165, 1.54) is 0 Å². The van der Waals surface area contributed by atoms with Crippen molar-refractivity contribution in [2.75, 3.05) is 5.32 Å². The van der Waals surface area contributed by atoms with Gasteiger partial charge in [-0.05, 0) is 74.4 Å². The molecule has 0 amide bonds. The van der Waals surface area contributed by atoms with Crippen molar-refractivity contribution in [3.63, 3.8) is 0 Å². The highest BCUT2D eigenvalue weighted by atomic mass is 79.9. The van der Waals surface area contributed by atoms with Crippen LogP contribution in [0, 0.1) is 13.8 Å². The summed E-state index contributed by atoms with van der Waals surface area (Å²) in [6.07, 6.45) is 0. The molecule has 0 atom stereocenters. The van der Waals surface area contributed by atoms with Crippen LogP contribution in [0.2, 0.25) is 5.02 Å². The second-order valence-corrected chi connectivity index (χ2v) is 6.89. The van der Waals surface area contributed by atoms with Crippen molar-refractivity contribution in [1.82, 2.24) is 5.43 Å². The molecule has 0 aliphatic carbocycles. The summed E-state index contributed by atoms with van der Waals surface area (Å²) in [6, 6.07) is 11.7. The van der Waals surface area contributed by atoms with E-state index in [1.807, 2.05) is 57.2 Å². The average molecular weight is 411 g/mol. The van der Waals surface area contributed by atoms with Gasteiger partial charge in [0, 0.05) is 20.7 Å². The number of hydrogen-bond donors (Lipinski definition) is 2. The van der Waals surface area contributed by atoms with E-state index in [0.717, 1.165) is 32.6 Å². The van der Waals surface area contributed by atoms with Crippen molar-refractivity contribution in [2.24, 2.45) is 5.10 Å². The van der Waals surface area contributed by atoms with E-state index < -0.39 is 0 Å². The standard InChI is InChI=1S/C17H17BrClN3S/c1-10-4-5-13(19)9-15(10)12(3)21-22-17(23)20-14-6-7-16(18)11(2)8-14/h4-9H,1-3H3,(H2,20,22,23)/b21-12+. The summed E-state index contributed by atoms with van der Waals surface area (Å²) in [7, 11) is 0. The van der Waals surface area contributed by atoms with Crippen LogP contribution in [0.3, 0.4) is 0 Å². The summed E-state index contributed by atoms with van der Waals surface area (Å²) in [5, 5.41) is 8.56. The van der Waals surface area contributed by atoms with Crippen LogP contribution in [-0.4, -0.2) is 10.8 Å². The Balaban J connectivity index is 2.05. The lowest BCUT2D eigenvalue weighted by Gasteiger charge is -2.10. The number of hydrazone groups is 1. The molecule has 0 fully saturated rings. The van der Waals surface area contributed by atoms with Crippen molar-refractivity contribution < 1.29 is 0 Å². The Kier molecular flexibility index (Phi) is 6.16. The molecular formula is C17H17BrClN3S. The minimum atomic E-state index is 0.436. The van der Waals surface area contributed by atoms with E-state index in [2.05, 4.69) is 31.8 Å². The third kappa shape index (κ3) is 5.03. The van der Waals surface area contributed by atoms with E-state index in [9.17, 15) is 0 Å². The first-order valence-electron chi connectivity index (χ1n) is 7.01. The van der Waals surface area contributed by atoms with Crippen molar-refractivity contribution in [2.45, 2.75) is 20.8 Å². The number of rotatable bonds is 3. The first kappa shape index (κ1) is 17.9. The molecule has 120 valence electrons. The van der Waals surface area contributed by atoms with E-state index in [4.69, 9.17) is 23.8 Å². The molecule has 0 heterocycles. The van der Waals surface area contributed by atoms with Gasteiger partial charge in [0.05, 0.1) is 5.71 Å². The molecule has 0 bridgehead atoms. The molecule has 2 N–H and O–H groups in total. The minimum Gasteiger partial charge on any atom is -0.331 e. The van der Waals surface area contributed by atoms with Crippen LogP contribution in [0.1, 0.15) is 23.6 Å². The molecule has 0 radical (unpaired) electrons. The summed E-state index contributed by atoms with van der Waals surface area (Å²) in [5.41, 5.74) is 7.83. The molecule has 0 unspecified atom stereocenters. The third-order valence-corrected chi connectivity index (χ3v) is 4.65. The fourth-order valence-electron chi connectivity index (χ4n) is 2.06. The van der Waals surface area contributed by atoms with Gasteiger partial charge in [-0.1, -0.05) is 33.6 Å². The Morgan fingerprint density at radius 2 is 1.87 bits per heavy atom. The zero-order valence-corrected chi connectivity index (χ0v) is 16.2. The zero-order chi connectivity index (χ0) is 17.0. The summed E-state index contributed by atoms with van der Waals surface area (Å²) >= 11 is 14.8. The molecule has 2 aromatic rings. The Hall–Kier alpha value is -1.43. The van der Waals surface area contributed by atoms with Crippen LogP contribution < -0.4 is 10.7 Å². The molecule has 2 aromatic carbocycles. The van der Waals surface area contributed by atoms with Gasteiger partial charge in [0.2, 0.25) is 0 Å². The minimum absolute atomic E-state index is 0.436. The molecule has 0 saturated heterocycles. The molecule has 0 aliphatic rings. The molecule has 0 aliphatic heterocycles. The van der Waals surface area contributed by atoms with Crippen LogP contribution in [0.15, 0.2) is 46.0 Å². The first-order chi connectivity index (χ1) is 10.9. The second-order valence-electron chi connectivity index (χ2n) is 5.19. The number of nitrogens with one attached hydrogen (secondary N) is 2. The molecule has 0 aromatic heterocycles. The van der Waals surface area contributed by atoms with Crippen molar-refractivity contribution in [1.29, 1.82) is 0 Å². The lowest BCUT2D eigenvalue weighted by Crippen LogP contribution is -2.25. The Bertz CT molecular complexity index is 774. The number of hydrogen-bond acceptors (Lipinski definition) is 2. The quantitative estimate of drug-likeness (QED) is 0.402. The maximum atomic E-state index is 6.04. The fraction of sp³-hybridized carbons (Fsp3) is 0.176. The van der Waals surface area contributed by atoms with Gasteiger partial charge in [-0.2, -0.15) is 5.10 Å². The maximum Gasteiger partial charge on any atom is 0.191 e. The monoisotopic (exact) mass is 409 g/mol. The van der Waals surface area contributed by atoms with Crippen LogP contribution >= 0.6 is 39.7 Å². The van der Waals surface area contributed by atoms with Gasteiger partial charge in [0.25, 0.3) is 0 Å². The van der Waals surface area contributed by atoms with Gasteiger partial charge in [-0.25, -0.2) is 0 Å². The van der Waals surface area contributed by atoms with Crippen LogP contribution in [0.5, 0.6) is 0 Å². The molecule has 6 heteroatoms. The van der Waals surface area contributed by atoms with Gasteiger partial charge in [0.1, 0.15) is 0 Å². The lowest BCUT2D eigenvalue weighted by molar-refractivity contribution is 1.04. The highest BCUT2D eigenvalue weighted by Crippen LogP contribution is 2.20. The average Bonchev–Trinajstić information content (AvgIpc) is 2.51. The summed E-state index contributed by atoms with van der Waals surface area (Å²) < 4.78 is 1.06. The van der Waals surface area contributed by atoms with Crippen molar-refractivity contribution in [3.05, 3.63) is 62.6 Å². The number of thiocarbonyl (C=S) groups is 1. The molecular weight excluding hydrogens is 394 g/mol. The topological polar surface area (TPSA) is 36.4 Å². The normalized spacial score (nSPS) is 11.3. The predicted octanol–water partition coefficient (Wildman–Crippen LogP) is 5.43. The Morgan fingerprint density at radius 1 is 1.13 bits per heavy atom. The summed E-state index contributed by atoms with van der Waals surface area (Å²) in [6.45, 7) is 5.96. The summed E-state index contributed by atoms with van der Waals surface area (Å²) in [5.74, 6) is 0. The fourth-order valence-corrected chi connectivity index (χ4v) is 2.64. The maximum absolute atomic E-state index is 6.04. The zero-order valence-electron chi connectivity index (χ0n) is 13.1. The smallest absolute Gasteiger partial charge is 0.191 e. The SMILES string of the molecule is C/C(=N\NC(=S)Nc1ccc(Br)c(C)c1)c1cc(Cl)ccc1C. The third-order valence-electron chi connectivity index (χ3n) is 3.33. The van der Waals surface area contributed by atoms with Crippen LogP contribution in [0.25, 0.3) is 0 Å². The van der Waals surface area contributed by atoms with E-state index in [1.54, 1.807) is 0 Å². The Morgan fingerprint density at radius 3 is 2.57 bits per heavy atom. The van der Waals surface area contributed by atoms with E-state index in [0.29, 0.717) is 10.1 Å².